The number of hydrogen-bond donors (Lipinski definition) is 4. The van der Waals surface area contributed by atoms with Crippen LogP contribution in [0.5, 0.6) is 0 Å². The van der Waals surface area contributed by atoms with Crippen LogP contribution in [0.4, 0.5) is 23.0 Å². The number of anilines is 4. The maximum absolute atomic E-state index is 6.30. The summed E-state index contributed by atoms with van der Waals surface area (Å²) in [7, 11) is 0. The van der Waals surface area contributed by atoms with Crippen molar-refractivity contribution < 1.29 is 5.41 Å². The van der Waals surface area contributed by atoms with Crippen molar-refractivity contribution in [3.8, 4) is 0 Å². The van der Waals surface area contributed by atoms with Crippen LogP contribution >= 0.6 is 11.6 Å². The maximum Gasteiger partial charge on any atom is 0.218 e. The van der Waals surface area contributed by atoms with Gasteiger partial charge in [-0.15, -0.1) is 0 Å². The molecule has 0 spiro atoms. The lowest BCUT2D eigenvalue weighted by Crippen LogP contribution is -2.42. The number of hydrogen-bond acceptors (Lipinski definition) is 5. The predicted octanol–water partition coefficient (Wildman–Crippen LogP) is 1.63. The van der Waals surface area contributed by atoms with E-state index in [1.165, 1.54) is 6.33 Å². The molecule has 3 rings (SSSR count). The minimum Gasteiger partial charge on any atom is -0.399 e. The van der Waals surface area contributed by atoms with Crippen LogP contribution < -0.4 is 22.2 Å². The van der Waals surface area contributed by atoms with E-state index in [0.717, 1.165) is 11.3 Å². The third-order valence-corrected chi connectivity index (χ3v) is 3.69. The lowest BCUT2D eigenvalue weighted by Gasteiger charge is -2.11. The van der Waals surface area contributed by atoms with Crippen LogP contribution in [0.2, 0.25) is 5.02 Å². The largest absolute Gasteiger partial charge is 0.399 e. The summed E-state index contributed by atoms with van der Waals surface area (Å²) in [4.78, 5) is 8.30. The first kappa shape index (κ1) is 15.8. The van der Waals surface area contributed by atoms with Crippen molar-refractivity contribution in [3.63, 3.8) is 0 Å². The average Bonchev–Trinajstić information content (AvgIpc) is 2.55. The van der Waals surface area contributed by atoms with E-state index in [9.17, 15) is 0 Å². The van der Waals surface area contributed by atoms with Crippen LogP contribution in [0.1, 0.15) is 11.1 Å². The topological polar surface area (TPSA) is 115 Å². The summed E-state index contributed by atoms with van der Waals surface area (Å²) in [6, 6.07) is 14.5. The normalized spacial score (nSPS) is 10.4. The zero-order valence-electron chi connectivity index (χ0n) is 12.7. The van der Waals surface area contributed by atoms with Crippen molar-refractivity contribution in [3.05, 3.63) is 71.0 Å². The number of nitrogens with one attached hydrogen (secondary N) is 1. The molecular weight excluding hydrogens is 324 g/mol. The highest BCUT2D eigenvalue weighted by Crippen LogP contribution is 2.25. The van der Waals surface area contributed by atoms with Gasteiger partial charge in [0, 0.05) is 22.0 Å². The van der Waals surface area contributed by atoms with Gasteiger partial charge in [-0.3, -0.25) is 5.41 Å². The molecule has 24 heavy (non-hydrogen) atoms. The van der Waals surface area contributed by atoms with E-state index in [0.29, 0.717) is 27.8 Å². The van der Waals surface area contributed by atoms with Gasteiger partial charge in [0.1, 0.15) is 23.5 Å². The fraction of sp³-hybridized carbons (Fsp3) is 0. The van der Waals surface area contributed by atoms with Crippen molar-refractivity contribution in [2.24, 2.45) is 0 Å². The van der Waals surface area contributed by atoms with Crippen LogP contribution in [0.25, 0.3) is 0 Å². The minimum atomic E-state index is 0.281. The summed E-state index contributed by atoms with van der Waals surface area (Å²) in [5.41, 5.74) is 14.9. The van der Waals surface area contributed by atoms with E-state index in [4.69, 9.17) is 28.5 Å². The third-order valence-electron chi connectivity index (χ3n) is 3.45. The number of nitrogen functional groups attached to an aromatic ring is 2. The van der Waals surface area contributed by atoms with Crippen LogP contribution in [0, 0.1) is 0 Å². The first-order valence-electron chi connectivity index (χ1n) is 7.16. The molecule has 0 unspecified atom stereocenters. The Morgan fingerprint density at radius 2 is 1.79 bits per heavy atom. The number of nitrogens with zero attached hydrogens (tertiary/aromatic N) is 2. The van der Waals surface area contributed by atoms with E-state index >= 15 is 0 Å². The van der Waals surface area contributed by atoms with Crippen LogP contribution in [-0.4, -0.2) is 15.7 Å². The molecule has 0 aliphatic heterocycles. The molecule has 120 valence electrons. The van der Waals surface area contributed by atoms with Crippen molar-refractivity contribution in [1.29, 1.82) is 0 Å². The van der Waals surface area contributed by atoms with Gasteiger partial charge in [0.25, 0.3) is 0 Å². The second-order valence-corrected chi connectivity index (χ2v) is 5.59. The van der Waals surface area contributed by atoms with E-state index < -0.39 is 0 Å². The Morgan fingerprint density at radius 1 is 1.04 bits per heavy atom. The van der Waals surface area contributed by atoms with E-state index in [1.54, 1.807) is 24.3 Å². The molecule has 6 nitrogen and oxygen atoms in total. The summed E-state index contributed by atoms with van der Waals surface area (Å²) < 4.78 is 0. The molecule has 0 aliphatic carbocycles. The Labute approximate surface area is 144 Å². The summed E-state index contributed by atoms with van der Waals surface area (Å²) in [5, 5.41) is 10.1. The zero-order chi connectivity index (χ0) is 17.1. The van der Waals surface area contributed by atoms with Crippen molar-refractivity contribution in [2.75, 3.05) is 16.8 Å². The number of rotatable bonds is 4. The van der Waals surface area contributed by atoms with Gasteiger partial charge in [-0.25, -0.2) is 9.97 Å². The van der Waals surface area contributed by atoms with Crippen LogP contribution in [-0.2, 0) is 0 Å². The average molecular weight is 340 g/mol. The van der Waals surface area contributed by atoms with Gasteiger partial charge in [-0.1, -0.05) is 17.7 Å². The van der Waals surface area contributed by atoms with Crippen molar-refractivity contribution >= 4 is 40.3 Å². The van der Waals surface area contributed by atoms with Crippen molar-refractivity contribution in [1.82, 2.24) is 9.97 Å². The minimum absolute atomic E-state index is 0.281. The van der Waals surface area contributed by atoms with Crippen LogP contribution in [0.15, 0.2) is 54.9 Å². The van der Waals surface area contributed by atoms with E-state index in [1.807, 2.05) is 24.3 Å². The summed E-state index contributed by atoms with van der Waals surface area (Å²) in [6.07, 6.45) is 1.38. The zero-order valence-corrected chi connectivity index (χ0v) is 13.5. The Hall–Kier alpha value is -3.12. The molecule has 0 amide bonds. The number of nitrogens with two attached hydrogens (primary N) is 3. The highest BCUT2D eigenvalue weighted by atomic mass is 35.5. The summed E-state index contributed by atoms with van der Waals surface area (Å²) in [6.45, 7) is 0. The molecule has 0 saturated heterocycles. The Morgan fingerprint density at radius 3 is 2.50 bits per heavy atom. The molecule has 1 aromatic heterocycles. The standard InChI is InChI=1S/C17H15ClN6/c18-11-2-1-3-13(8-11)24-17-14(16(21)22-9-23-17)15(20)10-4-6-12(19)7-5-10/h1-9,20H,19H2,(H3,21,22,23,24)/p+1. The smallest absolute Gasteiger partial charge is 0.218 e. The first-order valence-corrected chi connectivity index (χ1v) is 7.54. The molecule has 0 aliphatic rings. The quantitative estimate of drug-likeness (QED) is 0.426. The SMILES string of the molecule is Nc1ccc(C(=[NH2+])c2c(N)ncnc2Nc2cccc(Cl)c2)cc1. The first-order chi connectivity index (χ1) is 11.5. The summed E-state index contributed by atoms with van der Waals surface area (Å²) >= 11 is 6.02. The van der Waals surface area contributed by atoms with E-state index in [-0.39, 0.29) is 5.82 Å². The van der Waals surface area contributed by atoms with Gasteiger partial charge in [0.15, 0.2) is 0 Å². The van der Waals surface area contributed by atoms with Crippen LogP contribution in [0.3, 0.4) is 0 Å². The van der Waals surface area contributed by atoms with Gasteiger partial charge < -0.3 is 16.8 Å². The molecule has 0 atom stereocenters. The number of aromatic nitrogens is 2. The lowest BCUT2D eigenvalue weighted by atomic mass is 10.0. The van der Waals surface area contributed by atoms with Gasteiger partial charge in [0.2, 0.25) is 5.71 Å². The second-order valence-electron chi connectivity index (χ2n) is 5.15. The molecule has 1 heterocycles. The van der Waals surface area contributed by atoms with Gasteiger partial charge >= 0.3 is 0 Å². The number of halogens is 1. The number of benzene rings is 2. The molecule has 0 bridgehead atoms. The highest BCUT2D eigenvalue weighted by molar-refractivity contribution is 6.30. The van der Waals surface area contributed by atoms with E-state index in [2.05, 4.69) is 15.3 Å². The van der Waals surface area contributed by atoms with Gasteiger partial charge in [-0.05, 0) is 42.5 Å². The Bertz CT molecular complexity index is 892. The highest BCUT2D eigenvalue weighted by Gasteiger charge is 2.20. The van der Waals surface area contributed by atoms with Crippen molar-refractivity contribution in [2.45, 2.75) is 0 Å². The Kier molecular flexibility index (Phi) is 4.31. The molecule has 0 fully saturated rings. The fourth-order valence-electron chi connectivity index (χ4n) is 2.27. The molecule has 0 radical (unpaired) electrons. The molecule has 7 N–H and O–H groups in total. The van der Waals surface area contributed by atoms with Gasteiger partial charge in [0.05, 0.1) is 0 Å². The molecular formula is C17H16ClN6+. The van der Waals surface area contributed by atoms with Gasteiger partial charge in [-0.2, -0.15) is 0 Å². The third kappa shape index (κ3) is 3.28. The lowest BCUT2D eigenvalue weighted by molar-refractivity contribution is -0.111. The predicted molar refractivity (Wildman–Crippen MR) is 97.2 cm³/mol. The Balaban J connectivity index is 2.01. The second kappa shape index (κ2) is 6.55. The fourth-order valence-corrected chi connectivity index (χ4v) is 2.46. The molecule has 3 aromatic rings. The molecule has 2 aromatic carbocycles. The molecule has 7 heteroatoms. The summed E-state index contributed by atoms with van der Waals surface area (Å²) in [5.74, 6) is 0.781. The molecule has 0 saturated carbocycles. The monoisotopic (exact) mass is 339 g/mol. The maximum atomic E-state index is 6.30.